The molecule has 1 unspecified atom stereocenters. The quantitative estimate of drug-likeness (QED) is 0.837. The zero-order valence-electron chi connectivity index (χ0n) is 10.8. The van der Waals surface area contributed by atoms with Crippen molar-refractivity contribution in [3.8, 4) is 5.75 Å². The van der Waals surface area contributed by atoms with Gasteiger partial charge in [0.15, 0.2) is 0 Å². The predicted octanol–water partition coefficient (Wildman–Crippen LogP) is 1.87. The fourth-order valence-electron chi connectivity index (χ4n) is 1.70. The molecule has 0 bridgehead atoms. The Morgan fingerprint density at radius 3 is 2.74 bits per heavy atom. The van der Waals surface area contributed by atoms with Crippen LogP contribution in [0.1, 0.15) is 18.9 Å². The summed E-state index contributed by atoms with van der Waals surface area (Å²) in [6.07, 6.45) is -0.0712. The highest BCUT2D eigenvalue weighted by atomic mass is 35.5. The van der Waals surface area contributed by atoms with Crippen LogP contribution in [0.5, 0.6) is 5.75 Å². The summed E-state index contributed by atoms with van der Waals surface area (Å²) in [5.41, 5.74) is 0.590. The number of aliphatic carboxylic acids is 1. The van der Waals surface area contributed by atoms with Crippen LogP contribution in [0.3, 0.4) is 0 Å². The van der Waals surface area contributed by atoms with E-state index in [0.717, 1.165) is 0 Å². The molecule has 0 fully saturated rings. The third-order valence-corrected chi connectivity index (χ3v) is 2.88. The highest BCUT2D eigenvalue weighted by molar-refractivity contribution is 6.31. The maximum absolute atomic E-state index is 11.8. The van der Waals surface area contributed by atoms with Gasteiger partial charge in [0.25, 0.3) is 0 Å². The van der Waals surface area contributed by atoms with Crippen LogP contribution < -0.4 is 10.1 Å². The molecule has 0 aliphatic rings. The molecule has 0 radical (unpaired) electrons. The third-order valence-electron chi connectivity index (χ3n) is 2.52. The Bertz CT molecular complexity index is 476. The summed E-state index contributed by atoms with van der Waals surface area (Å²) in [6.45, 7) is 1.63. The van der Waals surface area contributed by atoms with Gasteiger partial charge in [0.1, 0.15) is 5.75 Å². The van der Waals surface area contributed by atoms with Gasteiger partial charge in [-0.3, -0.25) is 9.59 Å². The van der Waals surface area contributed by atoms with E-state index in [-0.39, 0.29) is 18.7 Å². The number of benzene rings is 1. The van der Waals surface area contributed by atoms with Crippen molar-refractivity contribution >= 4 is 23.5 Å². The highest BCUT2D eigenvalue weighted by Crippen LogP contribution is 2.26. The molecule has 1 aromatic carbocycles. The summed E-state index contributed by atoms with van der Waals surface area (Å²) >= 11 is 6.02. The minimum atomic E-state index is -0.955. The number of hydrogen-bond donors (Lipinski definition) is 2. The number of carboxylic acid groups (broad SMARTS) is 1. The van der Waals surface area contributed by atoms with Crippen LogP contribution in [0.15, 0.2) is 18.2 Å². The molecule has 0 heterocycles. The molecule has 0 aliphatic carbocycles. The van der Waals surface area contributed by atoms with Crippen molar-refractivity contribution in [3.05, 3.63) is 28.8 Å². The number of ether oxygens (including phenoxy) is 1. The summed E-state index contributed by atoms with van der Waals surface area (Å²) in [5.74, 6) is -0.711. The lowest BCUT2D eigenvalue weighted by Crippen LogP contribution is -2.35. The Morgan fingerprint density at radius 1 is 1.47 bits per heavy atom. The van der Waals surface area contributed by atoms with Gasteiger partial charge in [0.2, 0.25) is 5.91 Å². The maximum Gasteiger partial charge on any atom is 0.305 e. The molecular weight excluding hydrogens is 270 g/mol. The molecule has 104 valence electrons. The van der Waals surface area contributed by atoms with Crippen LogP contribution in [0.2, 0.25) is 5.02 Å². The average molecular weight is 286 g/mol. The first-order valence-electron chi connectivity index (χ1n) is 5.76. The van der Waals surface area contributed by atoms with Gasteiger partial charge in [-0.2, -0.15) is 0 Å². The number of halogens is 1. The first-order chi connectivity index (χ1) is 8.93. The van der Waals surface area contributed by atoms with Gasteiger partial charge in [-0.1, -0.05) is 17.7 Å². The minimum Gasteiger partial charge on any atom is -0.496 e. The van der Waals surface area contributed by atoms with Crippen molar-refractivity contribution in [1.82, 2.24) is 5.32 Å². The zero-order valence-corrected chi connectivity index (χ0v) is 11.5. The van der Waals surface area contributed by atoms with E-state index in [2.05, 4.69) is 5.32 Å². The van der Waals surface area contributed by atoms with E-state index in [0.29, 0.717) is 16.3 Å². The molecule has 19 heavy (non-hydrogen) atoms. The van der Waals surface area contributed by atoms with E-state index in [1.54, 1.807) is 25.1 Å². The fourth-order valence-corrected chi connectivity index (χ4v) is 1.93. The van der Waals surface area contributed by atoms with Crippen LogP contribution >= 0.6 is 11.6 Å². The predicted molar refractivity (Wildman–Crippen MR) is 71.6 cm³/mol. The third kappa shape index (κ3) is 4.79. The van der Waals surface area contributed by atoms with Crippen LogP contribution in [-0.2, 0) is 16.0 Å². The number of methoxy groups -OCH3 is 1. The lowest BCUT2D eigenvalue weighted by Gasteiger charge is -2.13. The van der Waals surface area contributed by atoms with E-state index in [9.17, 15) is 9.59 Å². The molecule has 0 saturated heterocycles. The Morgan fingerprint density at radius 2 is 2.16 bits per heavy atom. The molecule has 5 nitrogen and oxygen atoms in total. The first kappa shape index (κ1) is 15.3. The Labute approximate surface area is 116 Å². The Hall–Kier alpha value is -1.75. The highest BCUT2D eigenvalue weighted by Gasteiger charge is 2.15. The lowest BCUT2D eigenvalue weighted by molar-refractivity contribution is -0.137. The van der Waals surface area contributed by atoms with Crippen molar-refractivity contribution in [1.29, 1.82) is 0 Å². The van der Waals surface area contributed by atoms with Crippen molar-refractivity contribution in [3.63, 3.8) is 0 Å². The zero-order chi connectivity index (χ0) is 14.4. The molecular formula is C13H16ClNO4. The molecule has 1 rings (SSSR count). The molecule has 1 aromatic rings. The van der Waals surface area contributed by atoms with Crippen LogP contribution in [0.4, 0.5) is 0 Å². The first-order valence-corrected chi connectivity index (χ1v) is 6.14. The van der Waals surface area contributed by atoms with Gasteiger partial charge in [-0.05, 0) is 19.1 Å². The average Bonchev–Trinajstić information content (AvgIpc) is 2.30. The van der Waals surface area contributed by atoms with Gasteiger partial charge in [0.05, 0.1) is 20.0 Å². The van der Waals surface area contributed by atoms with E-state index in [4.69, 9.17) is 21.4 Å². The Kier molecular flexibility index (Phi) is 5.63. The summed E-state index contributed by atoms with van der Waals surface area (Å²) in [4.78, 5) is 22.3. The molecule has 0 spiro atoms. The molecule has 1 atom stereocenters. The molecule has 1 amide bonds. The molecule has 6 heteroatoms. The van der Waals surface area contributed by atoms with E-state index in [1.807, 2.05) is 0 Å². The van der Waals surface area contributed by atoms with Crippen LogP contribution in [0, 0.1) is 0 Å². The normalized spacial score (nSPS) is 11.7. The van der Waals surface area contributed by atoms with E-state index in [1.165, 1.54) is 7.11 Å². The van der Waals surface area contributed by atoms with Gasteiger partial charge in [-0.25, -0.2) is 0 Å². The monoisotopic (exact) mass is 285 g/mol. The van der Waals surface area contributed by atoms with E-state index >= 15 is 0 Å². The van der Waals surface area contributed by atoms with E-state index < -0.39 is 12.0 Å². The number of rotatable bonds is 6. The lowest BCUT2D eigenvalue weighted by atomic mass is 10.1. The smallest absolute Gasteiger partial charge is 0.305 e. The number of hydrogen-bond acceptors (Lipinski definition) is 3. The van der Waals surface area contributed by atoms with Crippen LogP contribution in [-0.4, -0.2) is 30.1 Å². The largest absolute Gasteiger partial charge is 0.496 e. The summed E-state index contributed by atoms with van der Waals surface area (Å²) < 4.78 is 5.14. The number of nitrogens with one attached hydrogen (secondary N) is 1. The standard InChI is InChI=1S/C13H16ClNO4/c1-8(6-13(17)18)15-12(16)7-9-10(14)4-3-5-11(9)19-2/h3-5,8H,6-7H2,1-2H3,(H,15,16)(H,17,18). The number of carboxylic acids is 1. The second kappa shape index (κ2) is 6.99. The van der Waals surface area contributed by atoms with Gasteiger partial charge >= 0.3 is 5.97 Å². The van der Waals surface area contributed by atoms with Gasteiger partial charge < -0.3 is 15.2 Å². The SMILES string of the molecule is COc1cccc(Cl)c1CC(=O)NC(C)CC(=O)O. The molecule has 0 aromatic heterocycles. The molecule has 0 saturated carbocycles. The number of amides is 1. The number of carbonyl (C=O) groups excluding carboxylic acids is 1. The topological polar surface area (TPSA) is 75.6 Å². The molecule has 0 aliphatic heterocycles. The second-order valence-corrected chi connectivity index (χ2v) is 4.57. The second-order valence-electron chi connectivity index (χ2n) is 4.16. The summed E-state index contributed by atoms with van der Waals surface area (Å²) in [5, 5.41) is 11.7. The maximum atomic E-state index is 11.8. The Balaban J connectivity index is 2.69. The van der Waals surface area contributed by atoms with Crippen molar-refractivity contribution in [2.24, 2.45) is 0 Å². The summed E-state index contributed by atoms with van der Waals surface area (Å²) in [6, 6.07) is 4.69. The molecule has 2 N–H and O–H groups in total. The number of carbonyl (C=O) groups is 2. The fraction of sp³-hybridized carbons (Fsp3) is 0.385. The van der Waals surface area contributed by atoms with Crippen molar-refractivity contribution in [2.45, 2.75) is 25.8 Å². The minimum absolute atomic E-state index is 0.0484. The summed E-state index contributed by atoms with van der Waals surface area (Å²) in [7, 11) is 1.50. The van der Waals surface area contributed by atoms with Crippen LogP contribution in [0.25, 0.3) is 0 Å². The van der Waals surface area contributed by atoms with Gasteiger partial charge in [-0.15, -0.1) is 0 Å². The van der Waals surface area contributed by atoms with Gasteiger partial charge in [0, 0.05) is 16.6 Å². The van der Waals surface area contributed by atoms with Crippen molar-refractivity contribution < 1.29 is 19.4 Å². The van der Waals surface area contributed by atoms with Crippen molar-refractivity contribution in [2.75, 3.05) is 7.11 Å².